The van der Waals surface area contributed by atoms with E-state index in [-0.39, 0.29) is 5.82 Å². The Morgan fingerprint density at radius 3 is 2.84 bits per heavy atom. The number of rotatable bonds is 4. The van der Waals surface area contributed by atoms with Gasteiger partial charge in [0.1, 0.15) is 5.82 Å². The molecule has 6 heteroatoms. The molecule has 132 valence electrons. The number of nitriles is 1. The van der Waals surface area contributed by atoms with Crippen LogP contribution in [0, 0.1) is 31.0 Å². The van der Waals surface area contributed by atoms with Crippen molar-refractivity contribution in [2.24, 2.45) is 7.05 Å². The Bertz CT molecular complexity index is 805. The van der Waals surface area contributed by atoms with Gasteiger partial charge in [-0.25, -0.2) is 4.39 Å². The monoisotopic (exact) mass is 341 g/mol. The molecule has 1 aliphatic rings. The van der Waals surface area contributed by atoms with Crippen LogP contribution in [-0.4, -0.2) is 28.9 Å². The number of nitrogens with one attached hydrogen (secondary N) is 1. The summed E-state index contributed by atoms with van der Waals surface area (Å²) < 4.78 is 16.2. The molecule has 1 aliphatic heterocycles. The molecule has 0 aliphatic carbocycles. The van der Waals surface area contributed by atoms with E-state index in [1.807, 2.05) is 24.7 Å². The zero-order valence-electron chi connectivity index (χ0n) is 15.0. The van der Waals surface area contributed by atoms with Crippen LogP contribution in [0.3, 0.4) is 0 Å². The van der Waals surface area contributed by atoms with Crippen LogP contribution >= 0.6 is 0 Å². The number of benzene rings is 1. The predicted molar refractivity (Wildman–Crippen MR) is 95.9 cm³/mol. The highest BCUT2D eigenvalue weighted by Gasteiger charge is 2.22. The van der Waals surface area contributed by atoms with Crippen molar-refractivity contribution in [3.8, 4) is 6.07 Å². The van der Waals surface area contributed by atoms with Gasteiger partial charge in [-0.05, 0) is 44.9 Å². The number of hydrogen-bond donors (Lipinski definition) is 1. The normalized spacial score (nSPS) is 17.6. The SMILES string of the molecule is Cc1nn(C)c(C)c1CNC1CCCN(c2ccc(C#N)cc2F)C1. The maximum absolute atomic E-state index is 14.3. The molecule has 1 fully saturated rings. The van der Waals surface area contributed by atoms with E-state index < -0.39 is 0 Å². The van der Waals surface area contributed by atoms with Gasteiger partial charge >= 0.3 is 0 Å². The first-order valence-corrected chi connectivity index (χ1v) is 8.66. The van der Waals surface area contributed by atoms with Crippen molar-refractivity contribution >= 4 is 5.69 Å². The number of piperidine rings is 1. The van der Waals surface area contributed by atoms with E-state index in [1.54, 1.807) is 12.1 Å². The third-order valence-corrected chi connectivity index (χ3v) is 5.07. The van der Waals surface area contributed by atoms with Gasteiger partial charge in [0.2, 0.25) is 0 Å². The van der Waals surface area contributed by atoms with E-state index >= 15 is 0 Å². The molecule has 1 N–H and O–H groups in total. The molecule has 0 saturated carbocycles. The number of hydrogen-bond acceptors (Lipinski definition) is 4. The number of aryl methyl sites for hydroxylation is 2. The third kappa shape index (κ3) is 3.67. The van der Waals surface area contributed by atoms with Crippen LogP contribution in [-0.2, 0) is 13.6 Å². The summed E-state index contributed by atoms with van der Waals surface area (Å²) in [6.45, 7) is 6.49. The first-order chi connectivity index (χ1) is 12.0. The van der Waals surface area contributed by atoms with Gasteiger partial charge in [0.05, 0.1) is 23.0 Å². The average molecular weight is 341 g/mol. The molecule has 3 rings (SSSR count). The quantitative estimate of drug-likeness (QED) is 0.929. The summed E-state index contributed by atoms with van der Waals surface area (Å²) in [5.41, 5.74) is 4.41. The summed E-state index contributed by atoms with van der Waals surface area (Å²) in [5.74, 6) is -0.321. The molecule has 2 aromatic rings. The smallest absolute Gasteiger partial charge is 0.147 e. The fourth-order valence-electron chi connectivity index (χ4n) is 3.52. The molecule has 0 spiro atoms. The minimum absolute atomic E-state index is 0.308. The highest BCUT2D eigenvalue weighted by atomic mass is 19.1. The molecule has 1 aromatic carbocycles. The fraction of sp³-hybridized carbons (Fsp3) is 0.474. The highest BCUT2D eigenvalue weighted by Crippen LogP contribution is 2.24. The van der Waals surface area contributed by atoms with Crippen LogP contribution in [0.2, 0.25) is 0 Å². The topological polar surface area (TPSA) is 56.9 Å². The fourth-order valence-corrected chi connectivity index (χ4v) is 3.52. The first-order valence-electron chi connectivity index (χ1n) is 8.66. The summed E-state index contributed by atoms with van der Waals surface area (Å²) >= 11 is 0. The van der Waals surface area contributed by atoms with Gasteiger partial charge in [-0.15, -0.1) is 0 Å². The summed E-state index contributed by atoms with van der Waals surface area (Å²) in [6.07, 6.45) is 2.09. The largest absolute Gasteiger partial charge is 0.368 e. The van der Waals surface area contributed by atoms with Crippen LogP contribution < -0.4 is 10.2 Å². The maximum atomic E-state index is 14.3. The second-order valence-electron chi connectivity index (χ2n) is 6.72. The Labute approximate surface area is 148 Å². The third-order valence-electron chi connectivity index (χ3n) is 5.07. The zero-order valence-corrected chi connectivity index (χ0v) is 15.0. The summed E-state index contributed by atoms with van der Waals surface area (Å²) in [7, 11) is 1.96. The lowest BCUT2D eigenvalue weighted by molar-refractivity contribution is 0.418. The first kappa shape index (κ1) is 17.4. The van der Waals surface area contributed by atoms with Crippen LogP contribution in [0.15, 0.2) is 18.2 Å². The van der Waals surface area contributed by atoms with E-state index in [0.29, 0.717) is 17.3 Å². The summed E-state index contributed by atoms with van der Waals surface area (Å²) in [5, 5.41) is 16.9. The van der Waals surface area contributed by atoms with Gasteiger partial charge in [-0.1, -0.05) is 0 Å². The molecule has 2 heterocycles. The van der Waals surface area contributed by atoms with E-state index in [4.69, 9.17) is 5.26 Å². The van der Waals surface area contributed by atoms with Crippen LogP contribution in [0.25, 0.3) is 0 Å². The number of anilines is 1. The predicted octanol–water partition coefficient (Wildman–Crippen LogP) is 2.81. The van der Waals surface area contributed by atoms with Crippen molar-refractivity contribution in [3.63, 3.8) is 0 Å². The second kappa shape index (κ2) is 7.24. The standard InChI is InChI=1S/C19H24FN5/c1-13-17(14(2)24(3)23-13)11-22-16-5-4-8-25(12-16)19-7-6-15(10-21)9-18(19)20/h6-7,9,16,22H,4-5,8,11-12H2,1-3H3. The van der Waals surface area contributed by atoms with Gasteiger partial charge in [0, 0.05) is 44.0 Å². The molecule has 0 amide bonds. The lowest BCUT2D eigenvalue weighted by Crippen LogP contribution is -2.45. The highest BCUT2D eigenvalue weighted by molar-refractivity contribution is 5.51. The lowest BCUT2D eigenvalue weighted by Gasteiger charge is -2.35. The van der Waals surface area contributed by atoms with Gasteiger partial charge in [-0.3, -0.25) is 4.68 Å². The molecule has 25 heavy (non-hydrogen) atoms. The van der Waals surface area contributed by atoms with Crippen molar-refractivity contribution in [2.75, 3.05) is 18.0 Å². The van der Waals surface area contributed by atoms with Gasteiger partial charge in [0.25, 0.3) is 0 Å². The van der Waals surface area contributed by atoms with Crippen molar-refractivity contribution < 1.29 is 4.39 Å². The summed E-state index contributed by atoms with van der Waals surface area (Å²) in [6, 6.07) is 6.99. The van der Waals surface area contributed by atoms with E-state index in [2.05, 4.69) is 22.2 Å². The molecular weight excluding hydrogens is 317 g/mol. The van der Waals surface area contributed by atoms with E-state index in [1.165, 1.54) is 17.3 Å². The van der Waals surface area contributed by atoms with Crippen LogP contribution in [0.1, 0.15) is 35.4 Å². The Balaban J connectivity index is 1.66. The lowest BCUT2D eigenvalue weighted by atomic mass is 10.0. The van der Waals surface area contributed by atoms with Crippen molar-refractivity contribution in [1.29, 1.82) is 5.26 Å². The van der Waals surface area contributed by atoms with Crippen molar-refractivity contribution in [1.82, 2.24) is 15.1 Å². The van der Waals surface area contributed by atoms with Crippen molar-refractivity contribution in [3.05, 3.63) is 46.5 Å². The molecule has 1 atom stereocenters. The number of halogens is 1. The Kier molecular flexibility index (Phi) is 5.05. The molecule has 1 saturated heterocycles. The Morgan fingerprint density at radius 2 is 2.20 bits per heavy atom. The summed E-state index contributed by atoms with van der Waals surface area (Å²) in [4.78, 5) is 2.07. The molecule has 1 unspecified atom stereocenters. The second-order valence-corrected chi connectivity index (χ2v) is 6.72. The minimum atomic E-state index is -0.321. The Morgan fingerprint density at radius 1 is 1.40 bits per heavy atom. The number of aromatic nitrogens is 2. The zero-order chi connectivity index (χ0) is 18.0. The van der Waals surface area contributed by atoms with E-state index in [9.17, 15) is 4.39 Å². The van der Waals surface area contributed by atoms with E-state index in [0.717, 1.165) is 38.2 Å². The van der Waals surface area contributed by atoms with Gasteiger partial charge < -0.3 is 10.2 Å². The van der Waals surface area contributed by atoms with Crippen molar-refractivity contribution in [2.45, 2.75) is 39.3 Å². The molecule has 0 bridgehead atoms. The molecule has 0 radical (unpaired) electrons. The van der Waals surface area contributed by atoms with Gasteiger partial charge in [-0.2, -0.15) is 10.4 Å². The number of nitrogens with zero attached hydrogens (tertiary/aromatic N) is 4. The molecular formula is C19H24FN5. The molecule has 1 aromatic heterocycles. The minimum Gasteiger partial charge on any atom is -0.368 e. The average Bonchev–Trinajstić information content (AvgIpc) is 2.85. The van der Waals surface area contributed by atoms with Crippen LogP contribution in [0.5, 0.6) is 0 Å². The maximum Gasteiger partial charge on any atom is 0.147 e. The van der Waals surface area contributed by atoms with Gasteiger partial charge in [0.15, 0.2) is 0 Å². The van der Waals surface area contributed by atoms with Crippen LogP contribution in [0.4, 0.5) is 10.1 Å². The molecule has 5 nitrogen and oxygen atoms in total. The Hall–Kier alpha value is -2.39.